The van der Waals surface area contributed by atoms with E-state index in [-0.39, 0.29) is 11.4 Å². The first-order chi connectivity index (χ1) is 11.1. The van der Waals surface area contributed by atoms with Gasteiger partial charge in [0.25, 0.3) is 0 Å². The molecule has 2 aliphatic rings. The molecule has 1 spiro atoms. The minimum absolute atomic E-state index is 0.0258. The van der Waals surface area contributed by atoms with Crippen molar-refractivity contribution < 1.29 is 9.31 Å². The fourth-order valence-electron chi connectivity index (χ4n) is 3.39. The highest BCUT2D eigenvalue weighted by molar-refractivity contribution is 5.95. The molecular weight excluding hydrogens is 288 g/mol. The summed E-state index contributed by atoms with van der Waals surface area (Å²) in [5, 5.41) is 7.46. The molecule has 1 aromatic rings. The number of benzene rings is 1. The molecule has 0 aromatic heterocycles. The largest absolute Gasteiger partial charge is 0.436 e. The van der Waals surface area contributed by atoms with Crippen LogP contribution in [-0.4, -0.2) is 53.5 Å². The number of unbranched alkanes of at least 4 members (excludes halogenated alkanes) is 1. The molecule has 0 aliphatic carbocycles. The second kappa shape index (κ2) is 6.71. The molecule has 1 fully saturated rings. The average molecular weight is 315 g/mol. The summed E-state index contributed by atoms with van der Waals surface area (Å²) in [6.07, 6.45) is 6.60. The van der Waals surface area contributed by atoms with Gasteiger partial charge >= 0.3 is 6.40 Å². The van der Waals surface area contributed by atoms with Crippen LogP contribution in [0.2, 0.25) is 0 Å². The summed E-state index contributed by atoms with van der Waals surface area (Å²) in [6, 6.07) is 7.80. The molecule has 0 saturated carbocycles. The van der Waals surface area contributed by atoms with E-state index in [0.717, 1.165) is 43.7 Å². The van der Waals surface area contributed by atoms with Crippen molar-refractivity contribution in [1.29, 1.82) is 5.41 Å². The summed E-state index contributed by atoms with van der Waals surface area (Å²) in [7, 11) is 0. The van der Waals surface area contributed by atoms with Gasteiger partial charge < -0.3 is 15.4 Å². The molecule has 2 heterocycles. The van der Waals surface area contributed by atoms with E-state index in [2.05, 4.69) is 16.4 Å². The molecule has 0 bridgehead atoms. The molecule has 2 aliphatic heterocycles. The fraction of sp³-hybridized carbons (Fsp3) is 0.556. The number of nitrogen functional groups attached to an aromatic ring is 1. The third kappa shape index (κ3) is 3.55. The number of rotatable bonds is 5. The van der Waals surface area contributed by atoms with Crippen molar-refractivity contribution >= 4 is 17.9 Å². The average Bonchev–Trinajstić information content (AvgIpc) is 2.98. The number of piperidine rings is 1. The fourth-order valence-corrected chi connectivity index (χ4v) is 3.39. The standard InChI is InChI=1S/C18H27N4O/c1-2-3-10-21-11-8-18(9-12-21)13-22(14-23-18)16-6-4-15(5-7-16)17(19)20/h4-7,14H,2-3,8-13H2,1H3,(H3,19,20)/q+1. The Balaban J connectivity index is 1.59. The number of hydrogen-bond acceptors (Lipinski definition) is 3. The highest BCUT2D eigenvalue weighted by atomic mass is 16.5. The first kappa shape index (κ1) is 16.0. The maximum atomic E-state index is 7.46. The first-order valence-electron chi connectivity index (χ1n) is 8.56. The van der Waals surface area contributed by atoms with Crippen molar-refractivity contribution in [3.8, 4) is 0 Å². The zero-order valence-corrected chi connectivity index (χ0v) is 13.9. The van der Waals surface area contributed by atoms with Gasteiger partial charge in [0.05, 0.1) is 0 Å². The normalized spacial score (nSPS) is 20.3. The quantitative estimate of drug-likeness (QED) is 0.498. The van der Waals surface area contributed by atoms with Crippen molar-refractivity contribution in [3.05, 3.63) is 29.8 Å². The van der Waals surface area contributed by atoms with E-state index in [1.54, 1.807) is 0 Å². The molecule has 23 heavy (non-hydrogen) atoms. The van der Waals surface area contributed by atoms with E-state index in [1.807, 2.05) is 30.7 Å². The Kier molecular flexibility index (Phi) is 4.66. The van der Waals surface area contributed by atoms with Crippen LogP contribution in [0.5, 0.6) is 0 Å². The predicted octanol–water partition coefficient (Wildman–Crippen LogP) is 2.31. The number of ether oxygens (including phenoxy) is 1. The lowest BCUT2D eigenvalue weighted by atomic mass is 9.91. The summed E-state index contributed by atoms with van der Waals surface area (Å²) < 4.78 is 8.26. The Morgan fingerprint density at radius 1 is 1.30 bits per heavy atom. The molecule has 1 saturated heterocycles. The van der Waals surface area contributed by atoms with Crippen LogP contribution in [0.15, 0.2) is 24.3 Å². The summed E-state index contributed by atoms with van der Waals surface area (Å²) >= 11 is 0. The van der Waals surface area contributed by atoms with E-state index >= 15 is 0 Å². The van der Waals surface area contributed by atoms with Gasteiger partial charge in [-0.2, -0.15) is 4.58 Å². The van der Waals surface area contributed by atoms with Crippen molar-refractivity contribution in [1.82, 2.24) is 4.90 Å². The van der Waals surface area contributed by atoms with Crippen LogP contribution in [0.25, 0.3) is 0 Å². The molecule has 1 aromatic carbocycles. The van der Waals surface area contributed by atoms with E-state index in [1.165, 1.54) is 19.4 Å². The van der Waals surface area contributed by atoms with Crippen LogP contribution >= 0.6 is 0 Å². The highest BCUT2D eigenvalue weighted by Gasteiger charge is 2.45. The number of likely N-dealkylation sites (tertiary alicyclic amines) is 1. The van der Waals surface area contributed by atoms with Crippen molar-refractivity contribution in [2.75, 3.05) is 26.2 Å². The molecule has 0 unspecified atom stereocenters. The lowest BCUT2D eigenvalue weighted by Gasteiger charge is -2.36. The molecule has 3 rings (SSSR count). The first-order valence-corrected chi connectivity index (χ1v) is 8.56. The van der Waals surface area contributed by atoms with Crippen molar-refractivity contribution in [2.24, 2.45) is 5.73 Å². The van der Waals surface area contributed by atoms with Crippen LogP contribution in [0, 0.1) is 5.41 Å². The van der Waals surface area contributed by atoms with Crippen LogP contribution in [0.1, 0.15) is 38.2 Å². The number of nitrogens with two attached hydrogens (primary N) is 1. The SMILES string of the molecule is CCCCN1CCC2(CC1)C[N+](c1ccc(C(=N)N)cc1)=CO2. The van der Waals surface area contributed by atoms with Gasteiger partial charge in [-0.3, -0.25) is 5.41 Å². The monoisotopic (exact) mass is 315 g/mol. The molecular formula is C18H27N4O+. The summed E-state index contributed by atoms with van der Waals surface area (Å²) in [4.78, 5) is 2.56. The van der Waals surface area contributed by atoms with E-state index in [0.29, 0.717) is 0 Å². The molecule has 0 amide bonds. The Bertz CT molecular complexity index is 586. The van der Waals surface area contributed by atoms with Gasteiger partial charge in [-0.15, -0.1) is 0 Å². The summed E-state index contributed by atoms with van der Waals surface area (Å²) in [5.41, 5.74) is 7.34. The van der Waals surface area contributed by atoms with Gasteiger partial charge in [0, 0.05) is 43.6 Å². The van der Waals surface area contributed by atoms with Crippen LogP contribution in [-0.2, 0) is 4.74 Å². The van der Waals surface area contributed by atoms with E-state index in [9.17, 15) is 0 Å². The van der Waals surface area contributed by atoms with Crippen LogP contribution < -0.4 is 5.73 Å². The molecule has 124 valence electrons. The molecule has 5 heteroatoms. The van der Waals surface area contributed by atoms with Gasteiger partial charge in [-0.25, -0.2) is 0 Å². The van der Waals surface area contributed by atoms with Crippen molar-refractivity contribution in [3.63, 3.8) is 0 Å². The Morgan fingerprint density at radius 3 is 2.61 bits per heavy atom. The van der Waals surface area contributed by atoms with E-state index in [4.69, 9.17) is 15.9 Å². The third-order valence-corrected chi connectivity index (χ3v) is 4.99. The third-order valence-electron chi connectivity index (χ3n) is 4.99. The van der Waals surface area contributed by atoms with Crippen LogP contribution in [0.4, 0.5) is 5.69 Å². The van der Waals surface area contributed by atoms with Gasteiger partial charge in [-0.1, -0.05) is 13.3 Å². The minimum Gasteiger partial charge on any atom is -0.436 e. The lowest BCUT2D eigenvalue weighted by Crippen LogP contribution is -2.47. The number of nitrogens with zero attached hydrogens (tertiary/aromatic N) is 2. The van der Waals surface area contributed by atoms with Crippen molar-refractivity contribution in [2.45, 2.75) is 38.2 Å². The molecule has 5 nitrogen and oxygen atoms in total. The zero-order chi connectivity index (χ0) is 16.3. The minimum atomic E-state index is -0.0258. The smallest absolute Gasteiger partial charge is 0.330 e. The molecule has 0 radical (unpaired) electrons. The lowest BCUT2D eigenvalue weighted by molar-refractivity contribution is -0.435. The maximum absolute atomic E-state index is 7.46. The van der Waals surface area contributed by atoms with Gasteiger partial charge in [0.1, 0.15) is 5.84 Å². The zero-order valence-electron chi connectivity index (χ0n) is 13.9. The summed E-state index contributed by atoms with van der Waals surface area (Å²) in [5.74, 6) is 0.106. The van der Waals surface area contributed by atoms with Gasteiger partial charge in [0.2, 0.25) is 5.69 Å². The molecule has 3 N–H and O–H groups in total. The number of hydrogen-bond donors (Lipinski definition) is 2. The summed E-state index contributed by atoms with van der Waals surface area (Å²) in [6.45, 7) is 6.63. The molecule has 0 atom stereocenters. The number of amidine groups is 1. The second-order valence-electron chi connectivity index (χ2n) is 6.69. The predicted molar refractivity (Wildman–Crippen MR) is 92.7 cm³/mol. The van der Waals surface area contributed by atoms with Gasteiger partial charge in [-0.05, 0) is 25.1 Å². The van der Waals surface area contributed by atoms with Crippen LogP contribution in [0.3, 0.4) is 0 Å². The highest BCUT2D eigenvalue weighted by Crippen LogP contribution is 2.31. The second-order valence-corrected chi connectivity index (χ2v) is 6.69. The topological polar surface area (TPSA) is 65.4 Å². The Morgan fingerprint density at radius 2 is 2.00 bits per heavy atom. The Hall–Kier alpha value is -1.88. The maximum Gasteiger partial charge on any atom is 0.330 e. The van der Waals surface area contributed by atoms with Gasteiger partial charge in [0.15, 0.2) is 12.1 Å². The number of nitrogens with one attached hydrogen (secondary N) is 1. The Labute approximate surface area is 138 Å². The van der Waals surface area contributed by atoms with E-state index < -0.39 is 0 Å².